The Morgan fingerprint density at radius 2 is 1.46 bits per heavy atom. The summed E-state index contributed by atoms with van der Waals surface area (Å²) in [5.41, 5.74) is 2.55. The first-order valence-corrected chi connectivity index (χ1v) is 18.9. The number of ether oxygens (including phenoxy) is 3. The van der Waals surface area contributed by atoms with E-state index in [0.717, 1.165) is 40.3 Å². The molecule has 0 amide bonds. The van der Waals surface area contributed by atoms with Gasteiger partial charge >= 0.3 is 0 Å². The third kappa shape index (κ3) is 7.27. The van der Waals surface area contributed by atoms with Crippen molar-refractivity contribution >= 4 is 30.3 Å². The first-order valence-electron chi connectivity index (χ1n) is 16.6. The molecule has 0 radical (unpaired) electrons. The summed E-state index contributed by atoms with van der Waals surface area (Å²) in [7, 11) is -2.95. The second kappa shape index (κ2) is 14.8. The molecule has 5 unspecified atom stereocenters. The third-order valence-corrected chi connectivity index (χ3v) is 14.9. The SMILES string of the molecule is CC(C)(C)[Si](OCC1OC(c2ccc(Cl)c(Cc3ccc(O[C@H]4CCOC4)cc3)c2)C(O)C(O)C1O)(c1ccccc1)c1ccccc1. The zero-order valence-corrected chi connectivity index (χ0v) is 29.4. The number of aliphatic hydroxyl groups excluding tert-OH is 3. The molecule has 2 aliphatic heterocycles. The Morgan fingerprint density at radius 1 is 0.812 bits per heavy atom. The normalized spacial score (nSPS) is 24.8. The maximum atomic E-state index is 11.2. The van der Waals surface area contributed by atoms with Crippen molar-refractivity contribution in [3.05, 3.63) is 125 Å². The first-order chi connectivity index (χ1) is 23.1. The monoisotopic (exact) mass is 688 g/mol. The van der Waals surface area contributed by atoms with E-state index in [1.54, 1.807) is 12.1 Å². The summed E-state index contributed by atoms with van der Waals surface area (Å²) < 4.78 is 24.9. The first kappa shape index (κ1) is 34.8. The molecule has 0 spiro atoms. The molecule has 4 aromatic carbocycles. The standard InChI is InChI=1S/C39H45ClO7Si/c1-39(2,3)48(31-10-6-4-7-11-31,32-12-8-5-9-13-32)45-25-34-35(41)36(42)37(43)38(47-34)27-16-19-33(40)28(23-27)22-26-14-17-29(18-15-26)46-30-20-21-44-24-30/h4-19,23,30,34-38,41-43H,20-22,24-25H2,1-3H3/t30-,34?,35?,36?,37?,38?/m0/s1. The van der Waals surface area contributed by atoms with Crippen LogP contribution in [0.5, 0.6) is 5.75 Å². The van der Waals surface area contributed by atoms with Crippen molar-refractivity contribution in [1.82, 2.24) is 0 Å². The van der Waals surface area contributed by atoms with Crippen molar-refractivity contribution in [3.63, 3.8) is 0 Å². The summed E-state index contributed by atoms with van der Waals surface area (Å²) >= 11 is 6.66. The van der Waals surface area contributed by atoms with Gasteiger partial charge in [0.1, 0.15) is 42.4 Å². The van der Waals surface area contributed by atoms with E-state index in [2.05, 4.69) is 45.0 Å². The Bertz CT molecular complexity index is 1580. The van der Waals surface area contributed by atoms with Gasteiger partial charge in [-0.05, 0) is 56.7 Å². The third-order valence-electron chi connectivity index (χ3n) is 9.50. The van der Waals surface area contributed by atoms with Gasteiger partial charge in [0.15, 0.2) is 0 Å². The van der Waals surface area contributed by atoms with Crippen LogP contribution in [0.3, 0.4) is 0 Å². The van der Waals surface area contributed by atoms with E-state index in [0.29, 0.717) is 23.6 Å². The van der Waals surface area contributed by atoms with E-state index in [-0.39, 0.29) is 17.7 Å². The lowest BCUT2D eigenvalue weighted by Crippen LogP contribution is -2.68. The molecule has 0 aliphatic carbocycles. The zero-order valence-electron chi connectivity index (χ0n) is 27.7. The summed E-state index contributed by atoms with van der Waals surface area (Å²) in [6.45, 7) is 7.90. The number of benzene rings is 4. The fourth-order valence-electron chi connectivity index (χ4n) is 6.94. The Kier molecular flexibility index (Phi) is 10.7. The van der Waals surface area contributed by atoms with Gasteiger partial charge in [0.2, 0.25) is 0 Å². The fourth-order valence-corrected chi connectivity index (χ4v) is 11.7. The molecule has 2 heterocycles. The van der Waals surface area contributed by atoms with E-state index in [9.17, 15) is 15.3 Å². The molecule has 2 fully saturated rings. The van der Waals surface area contributed by atoms with Gasteiger partial charge in [-0.25, -0.2) is 0 Å². The quantitative estimate of drug-likeness (QED) is 0.197. The van der Waals surface area contributed by atoms with E-state index in [1.807, 2.05) is 66.7 Å². The summed E-state index contributed by atoms with van der Waals surface area (Å²) in [5.74, 6) is 0.798. The number of halogens is 1. The van der Waals surface area contributed by atoms with Crippen LogP contribution in [0.2, 0.25) is 10.1 Å². The topological polar surface area (TPSA) is 97.6 Å². The molecule has 254 valence electrons. The van der Waals surface area contributed by atoms with Gasteiger partial charge in [0, 0.05) is 11.4 Å². The van der Waals surface area contributed by atoms with Crippen LogP contribution in [0.4, 0.5) is 0 Å². The van der Waals surface area contributed by atoms with Gasteiger partial charge < -0.3 is 34.0 Å². The smallest absolute Gasteiger partial charge is 0.261 e. The summed E-state index contributed by atoms with van der Waals surface area (Å²) in [6, 6.07) is 33.9. The van der Waals surface area contributed by atoms with E-state index in [1.165, 1.54) is 0 Å². The van der Waals surface area contributed by atoms with Crippen LogP contribution >= 0.6 is 11.6 Å². The minimum atomic E-state index is -2.95. The second-order valence-corrected chi connectivity index (χ2v) is 18.5. The molecule has 0 saturated carbocycles. The fraction of sp³-hybridized carbons (Fsp3) is 0.385. The van der Waals surface area contributed by atoms with Gasteiger partial charge in [-0.15, -0.1) is 0 Å². The van der Waals surface area contributed by atoms with Gasteiger partial charge in [0.05, 0.1) is 19.8 Å². The van der Waals surface area contributed by atoms with Crippen LogP contribution in [-0.4, -0.2) is 74.0 Å². The average Bonchev–Trinajstić information content (AvgIpc) is 3.60. The summed E-state index contributed by atoms with van der Waals surface area (Å²) in [4.78, 5) is 0. The lowest BCUT2D eigenvalue weighted by molar-refractivity contribution is -0.230. The number of rotatable bonds is 10. The number of aliphatic hydroxyl groups is 3. The van der Waals surface area contributed by atoms with Crippen molar-refractivity contribution in [2.75, 3.05) is 19.8 Å². The molecule has 0 bridgehead atoms. The molecule has 2 saturated heterocycles. The molecule has 6 atom stereocenters. The van der Waals surface area contributed by atoms with E-state index >= 15 is 0 Å². The Morgan fingerprint density at radius 3 is 2.04 bits per heavy atom. The lowest BCUT2D eigenvalue weighted by atomic mass is 9.90. The average molecular weight is 689 g/mol. The lowest BCUT2D eigenvalue weighted by Gasteiger charge is -2.46. The molecule has 48 heavy (non-hydrogen) atoms. The van der Waals surface area contributed by atoms with Gasteiger partial charge in [-0.3, -0.25) is 0 Å². The van der Waals surface area contributed by atoms with Crippen molar-refractivity contribution in [2.24, 2.45) is 0 Å². The van der Waals surface area contributed by atoms with Crippen LogP contribution in [-0.2, 0) is 20.3 Å². The second-order valence-electron chi connectivity index (χ2n) is 13.8. The highest BCUT2D eigenvalue weighted by molar-refractivity contribution is 6.99. The van der Waals surface area contributed by atoms with Crippen LogP contribution in [0.15, 0.2) is 103 Å². The molecule has 2 aliphatic rings. The predicted octanol–water partition coefficient (Wildman–Crippen LogP) is 5.20. The largest absolute Gasteiger partial charge is 0.488 e. The molecular weight excluding hydrogens is 644 g/mol. The highest BCUT2D eigenvalue weighted by Crippen LogP contribution is 2.39. The molecule has 0 aromatic heterocycles. The van der Waals surface area contributed by atoms with E-state index in [4.69, 9.17) is 30.2 Å². The molecule has 4 aromatic rings. The Hall–Kier alpha value is -3.05. The van der Waals surface area contributed by atoms with Crippen molar-refractivity contribution < 1.29 is 34.0 Å². The molecule has 9 heteroatoms. The predicted molar refractivity (Wildman–Crippen MR) is 190 cm³/mol. The van der Waals surface area contributed by atoms with Crippen molar-refractivity contribution in [2.45, 2.75) is 75.3 Å². The molecule has 6 rings (SSSR count). The highest BCUT2D eigenvalue weighted by Gasteiger charge is 2.52. The minimum absolute atomic E-state index is 0.0244. The van der Waals surface area contributed by atoms with Crippen LogP contribution in [0.25, 0.3) is 0 Å². The van der Waals surface area contributed by atoms with Crippen molar-refractivity contribution in [1.29, 1.82) is 0 Å². The maximum absolute atomic E-state index is 11.2. The van der Waals surface area contributed by atoms with Gasteiger partial charge in [-0.1, -0.05) is 117 Å². The summed E-state index contributed by atoms with van der Waals surface area (Å²) in [5, 5.41) is 35.9. The van der Waals surface area contributed by atoms with Crippen LogP contribution in [0.1, 0.15) is 50.0 Å². The number of hydrogen-bond donors (Lipinski definition) is 3. The zero-order chi connectivity index (χ0) is 33.9. The van der Waals surface area contributed by atoms with Crippen molar-refractivity contribution in [3.8, 4) is 5.75 Å². The minimum Gasteiger partial charge on any atom is -0.488 e. The van der Waals surface area contributed by atoms with Crippen LogP contribution < -0.4 is 15.1 Å². The van der Waals surface area contributed by atoms with Crippen LogP contribution in [0, 0.1) is 0 Å². The molecular formula is C39H45ClO7Si. The van der Waals surface area contributed by atoms with Gasteiger partial charge in [0.25, 0.3) is 8.32 Å². The maximum Gasteiger partial charge on any atom is 0.261 e. The van der Waals surface area contributed by atoms with Gasteiger partial charge in [-0.2, -0.15) is 0 Å². The summed E-state index contributed by atoms with van der Waals surface area (Å²) in [6.07, 6.45) is -4.43. The Balaban J connectivity index is 1.23. The highest BCUT2D eigenvalue weighted by atomic mass is 35.5. The van der Waals surface area contributed by atoms with E-state index < -0.39 is 38.8 Å². The molecule has 7 nitrogen and oxygen atoms in total. The Labute approximate surface area is 289 Å². The number of hydrogen-bond acceptors (Lipinski definition) is 7. The molecule has 3 N–H and O–H groups in total.